The summed E-state index contributed by atoms with van der Waals surface area (Å²) in [5, 5.41) is 13.9. The van der Waals surface area contributed by atoms with Gasteiger partial charge in [-0.1, -0.05) is 0 Å². The number of aromatic nitrogens is 1. The van der Waals surface area contributed by atoms with E-state index >= 15 is 0 Å². The van der Waals surface area contributed by atoms with Crippen LogP contribution in [0.1, 0.15) is 19.8 Å². The highest BCUT2D eigenvalue weighted by atomic mass is 16.6. The highest BCUT2D eigenvalue weighted by Crippen LogP contribution is 2.19. The lowest BCUT2D eigenvalue weighted by Gasteiger charge is -2.35. The van der Waals surface area contributed by atoms with Gasteiger partial charge in [-0.2, -0.15) is 0 Å². The second-order valence-electron chi connectivity index (χ2n) is 4.85. The first-order valence-corrected chi connectivity index (χ1v) is 6.13. The van der Waals surface area contributed by atoms with Crippen molar-refractivity contribution in [2.45, 2.75) is 31.8 Å². The zero-order valence-corrected chi connectivity index (χ0v) is 10.7. The number of nitro groups is 1. The summed E-state index contributed by atoms with van der Waals surface area (Å²) in [5.74, 6) is 0.711. The van der Waals surface area contributed by atoms with Crippen molar-refractivity contribution in [3.05, 3.63) is 28.4 Å². The van der Waals surface area contributed by atoms with Crippen molar-refractivity contribution in [2.75, 3.05) is 18.9 Å². The standard InChI is InChI=1S/C12H18N4O2/c1-9-7-10(5-6-15(9)2)14-12-4-3-11(8-13-12)16(17)18/h3-4,8-10H,5-7H2,1-2H3,(H,13,14). The molecule has 1 N–H and O–H groups in total. The van der Waals surface area contributed by atoms with E-state index in [1.807, 2.05) is 0 Å². The van der Waals surface area contributed by atoms with Gasteiger partial charge in [0.1, 0.15) is 12.0 Å². The van der Waals surface area contributed by atoms with Crippen molar-refractivity contribution in [2.24, 2.45) is 0 Å². The van der Waals surface area contributed by atoms with Crippen LogP contribution in [0.3, 0.4) is 0 Å². The molecule has 2 heterocycles. The van der Waals surface area contributed by atoms with Gasteiger partial charge < -0.3 is 10.2 Å². The van der Waals surface area contributed by atoms with Gasteiger partial charge in [0.25, 0.3) is 5.69 Å². The van der Waals surface area contributed by atoms with Gasteiger partial charge in [-0.3, -0.25) is 10.1 Å². The maximum Gasteiger partial charge on any atom is 0.287 e. The Morgan fingerprint density at radius 3 is 2.89 bits per heavy atom. The summed E-state index contributed by atoms with van der Waals surface area (Å²) >= 11 is 0. The molecule has 1 aromatic rings. The topological polar surface area (TPSA) is 71.3 Å². The Morgan fingerprint density at radius 1 is 1.56 bits per heavy atom. The van der Waals surface area contributed by atoms with Crippen LogP contribution in [-0.4, -0.2) is 40.5 Å². The molecule has 0 spiro atoms. The van der Waals surface area contributed by atoms with Crippen LogP contribution in [0, 0.1) is 10.1 Å². The minimum absolute atomic E-state index is 0.0253. The molecular formula is C12H18N4O2. The molecule has 0 saturated carbocycles. The Hall–Kier alpha value is -1.69. The molecule has 0 aliphatic carbocycles. The Balaban J connectivity index is 1.95. The van der Waals surface area contributed by atoms with Gasteiger partial charge in [0.2, 0.25) is 0 Å². The molecule has 2 atom stereocenters. The number of nitrogens with zero attached hydrogens (tertiary/aromatic N) is 3. The summed E-state index contributed by atoms with van der Waals surface area (Å²) in [5.41, 5.74) is 0.0253. The SMILES string of the molecule is CC1CC(Nc2ccc([N+](=O)[O-])cn2)CCN1C. The summed E-state index contributed by atoms with van der Waals surface area (Å²) in [6, 6.07) is 4.09. The quantitative estimate of drug-likeness (QED) is 0.655. The smallest absolute Gasteiger partial charge is 0.287 e. The first-order chi connectivity index (χ1) is 8.56. The Labute approximate surface area is 106 Å². The fourth-order valence-corrected chi connectivity index (χ4v) is 2.21. The van der Waals surface area contributed by atoms with E-state index in [-0.39, 0.29) is 5.69 Å². The molecule has 2 rings (SSSR count). The average molecular weight is 250 g/mol. The van der Waals surface area contributed by atoms with Gasteiger partial charge in [0, 0.05) is 24.7 Å². The van der Waals surface area contributed by atoms with Crippen LogP contribution < -0.4 is 5.32 Å². The normalized spacial score (nSPS) is 24.8. The van der Waals surface area contributed by atoms with Gasteiger partial charge in [0.05, 0.1) is 4.92 Å². The van der Waals surface area contributed by atoms with Crippen molar-refractivity contribution < 1.29 is 4.92 Å². The van der Waals surface area contributed by atoms with Crippen LogP contribution in [0.2, 0.25) is 0 Å². The molecule has 0 aromatic carbocycles. The minimum Gasteiger partial charge on any atom is -0.367 e. The van der Waals surface area contributed by atoms with E-state index in [9.17, 15) is 10.1 Å². The van der Waals surface area contributed by atoms with E-state index < -0.39 is 4.92 Å². The maximum absolute atomic E-state index is 10.5. The third-order valence-corrected chi connectivity index (χ3v) is 3.52. The molecule has 6 nitrogen and oxygen atoms in total. The molecular weight excluding hydrogens is 232 g/mol. The van der Waals surface area contributed by atoms with Crippen LogP contribution in [0.15, 0.2) is 18.3 Å². The van der Waals surface area contributed by atoms with E-state index in [2.05, 4.69) is 29.2 Å². The third-order valence-electron chi connectivity index (χ3n) is 3.52. The van der Waals surface area contributed by atoms with Crippen LogP contribution in [0.5, 0.6) is 0 Å². The number of nitrogens with one attached hydrogen (secondary N) is 1. The zero-order chi connectivity index (χ0) is 13.1. The number of piperidine rings is 1. The molecule has 18 heavy (non-hydrogen) atoms. The van der Waals surface area contributed by atoms with E-state index in [0.717, 1.165) is 19.4 Å². The summed E-state index contributed by atoms with van der Waals surface area (Å²) in [6.07, 6.45) is 3.43. The summed E-state index contributed by atoms with van der Waals surface area (Å²) in [4.78, 5) is 16.5. The fraction of sp³-hybridized carbons (Fsp3) is 0.583. The van der Waals surface area contributed by atoms with E-state index in [0.29, 0.717) is 17.9 Å². The van der Waals surface area contributed by atoms with Gasteiger partial charge in [-0.05, 0) is 32.9 Å². The molecule has 0 bridgehead atoms. The number of likely N-dealkylation sites (tertiary alicyclic amines) is 1. The van der Waals surface area contributed by atoms with Crippen LogP contribution in [0.25, 0.3) is 0 Å². The second-order valence-corrected chi connectivity index (χ2v) is 4.85. The number of pyridine rings is 1. The summed E-state index contributed by atoms with van der Waals surface area (Å²) < 4.78 is 0. The first-order valence-electron chi connectivity index (χ1n) is 6.13. The molecule has 98 valence electrons. The average Bonchev–Trinajstić information content (AvgIpc) is 2.34. The maximum atomic E-state index is 10.5. The fourth-order valence-electron chi connectivity index (χ4n) is 2.21. The molecule has 2 unspecified atom stereocenters. The highest BCUT2D eigenvalue weighted by molar-refractivity contribution is 5.40. The molecule has 1 aliphatic rings. The predicted octanol–water partition coefficient (Wildman–Crippen LogP) is 1.88. The number of hydrogen-bond donors (Lipinski definition) is 1. The number of anilines is 1. The van der Waals surface area contributed by atoms with Crippen molar-refractivity contribution in [1.29, 1.82) is 0 Å². The Bertz CT molecular complexity index is 421. The third kappa shape index (κ3) is 2.95. The molecule has 1 saturated heterocycles. The first kappa shape index (κ1) is 12.8. The van der Waals surface area contributed by atoms with Crippen molar-refractivity contribution >= 4 is 11.5 Å². The lowest BCUT2D eigenvalue weighted by molar-refractivity contribution is -0.385. The van der Waals surface area contributed by atoms with Crippen molar-refractivity contribution in [3.8, 4) is 0 Å². The van der Waals surface area contributed by atoms with Crippen molar-refractivity contribution in [1.82, 2.24) is 9.88 Å². The molecule has 0 amide bonds. The monoisotopic (exact) mass is 250 g/mol. The minimum atomic E-state index is -0.436. The second kappa shape index (κ2) is 5.30. The lowest BCUT2D eigenvalue weighted by Crippen LogP contribution is -2.42. The number of rotatable bonds is 3. The predicted molar refractivity (Wildman–Crippen MR) is 69.6 cm³/mol. The molecule has 1 fully saturated rings. The van der Waals surface area contributed by atoms with Gasteiger partial charge in [-0.25, -0.2) is 4.98 Å². The molecule has 1 aromatic heterocycles. The van der Waals surface area contributed by atoms with Crippen molar-refractivity contribution in [3.63, 3.8) is 0 Å². The Kier molecular flexibility index (Phi) is 3.76. The number of hydrogen-bond acceptors (Lipinski definition) is 5. The molecule has 0 radical (unpaired) electrons. The van der Waals surface area contributed by atoms with Crippen LogP contribution >= 0.6 is 0 Å². The van der Waals surface area contributed by atoms with E-state index in [1.165, 1.54) is 12.3 Å². The summed E-state index contributed by atoms with van der Waals surface area (Å²) in [7, 11) is 2.13. The molecule has 6 heteroatoms. The Morgan fingerprint density at radius 2 is 2.33 bits per heavy atom. The van der Waals surface area contributed by atoms with Gasteiger partial charge >= 0.3 is 0 Å². The van der Waals surface area contributed by atoms with Crippen LogP contribution in [0.4, 0.5) is 11.5 Å². The largest absolute Gasteiger partial charge is 0.367 e. The van der Waals surface area contributed by atoms with Gasteiger partial charge in [0.15, 0.2) is 0 Å². The molecule has 1 aliphatic heterocycles. The van der Waals surface area contributed by atoms with Crippen LogP contribution in [-0.2, 0) is 0 Å². The highest BCUT2D eigenvalue weighted by Gasteiger charge is 2.22. The van der Waals surface area contributed by atoms with E-state index in [4.69, 9.17) is 0 Å². The zero-order valence-electron chi connectivity index (χ0n) is 10.7. The van der Waals surface area contributed by atoms with E-state index in [1.54, 1.807) is 6.07 Å². The summed E-state index contributed by atoms with van der Waals surface area (Å²) in [6.45, 7) is 3.27. The van der Waals surface area contributed by atoms with Gasteiger partial charge in [-0.15, -0.1) is 0 Å². The lowest BCUT2D eigenvalue weighted by atomic mass is 9.99.